The molecule has 28 heavy (non-hydrogen) atoms. The standard InChI is InChI=1S/C21H26ClN5O/c1-16-6-4-5-11-27(16)20-10-9-19(23-24-20)25-12-14-26(15-13-25)21(28)17-7-2-3-8-18(17)22/h2-3,7-10,16H,4-6,11-15H2,1H3. The summed E-state index contributed by atoms with van der Waals surface area (Å²) in [6, 6.07) is 11.9. The van der Waals surface area contributed by atoms with Gasteiger partial charge in [0.05, 0.1) is 10.6 Å². The molecule has 6 nitrogen and oxygen atoms in total. The Labute approximate surface area is 171 Å². The van der Waals surface area contributed by atoms with Crippen molar-refractivity contribution in [3.05, 3.63) is 47.0 Å². The molecule has 2 fully saturated rings. The number of hydrogen-bond acceptors (Lipinski definition) is 5. The van der Waals surface area contributed by atoms with Gasteiger partial charge >= 0.3 is 0 Å². The SMILES string of the molecule is CC1CCCCN1c1ccc(N2CCN(C(=O)c3ccccc3Cl)CC2)nn1. The number of halogens is 1. The topological polar surface area (TPSA) is 52.6 Å². The van der Waals surface area contributed by atoms with Gasteiger partial charge in [-0.05, 0) is 50.5 Å². The molecule has 148 valence electrons. The molecule has 7 heteroatoms. The molecule has 2 aromatic rings. The van der Waals surface area contributed by atoms with E-state index in [-0.39, 0.29) is 5.91 Å². The van der Waals surface area contributed by atoms with E-state index in [1.807, 2.05) is 17.0 Å². The lowest BCUT2D eigenvalue weighted by molar-refractivity contribution is 0.0746. The van der Waals surface area contributed by atoms with E-state index in [4.69, 9.17) is 11.6 Å². The molecule has 1 aromatic heterocycles. The van der Waals surface area contributed by atoms with Crippen LogP contribution in [0, 0.1) is 0 Å². The maximum absolute atomic E-state index is 12.7. The summed E-state index contributed by atoms with van der Waals surface area (Å²) in [6.45, 7) is 6.09. The minimum Gasteiger partial charge on any atom is -0.352 e. The van der Waals surface area contributed by atoms with Gasteiger partial charge in [0.25, 0.3) is 5.91 Å². The zero-order valence-electron chi connectivity index (χ0n) is 16.2. The summed E-state index contributed by atoms with van der Waals surface area (Å²) in [5.74, 6) is 1.83. The zero-order valence-corrected chi connectivity index (χ0v) is 17.0. The average Bonchev–Trinajstić information content (AvgIpc) is 2.74. The molecule has 1 atom stereocenters. The molecule has 4 rings (SSSR count). The second kappa shape index (κ2) is 8.35. The minimum atomic E-state index is -0.00855. The molecular formula is C21H26ClN5O. The van der Waals surface area contributed by atoms with E-state index in [1.54, 1.807) is 12.1 Å². The third kappa shape index (κ3) is 3.92. The van der Waals surface area contributed by atoms with Crippen LogP contribution in [0.4, 0.5) is 11.6 Å². The number of carbonyl (C=O) groups is 1. The molecule has 2 saturated heterocycles. The highest BCUT2D eigenvalue weighted by Crippen LogP contribution is 2.24. The van der Waals surface area contributed by atoms with Gasteiger partial charge in [0.15, 0.2) is 11.6 Å². The minimum absolute atomic E-state index is 0.00855. The third-order valence-corrected chi connectivity index (χ3v) is 6.06. The lowest BCUT2D eigenvalue weighted by Gasteiger charge is -2.36. The zero-order chi connectivity index (χ0) is 19.5. The molecule has 1 aromatic carbocycles. The van der Waals surface area contributed by atoms with Crippen molar-refractivity contribution in [1.82, 2.24) is 15.1 Å². The monoisotopic (exact) mass is 399 g/mol. The Bertz CT molecular complexity index is 820. The summed E-state index contributed by atoms with van der Waals surface area (Å²) < 4.78 is 0. The first-order chi connectivity index (χ1) is 13.6. The molecule has 2 aliphatic rings. The summed E-state index contributed by atoms with van der Waals surface area (Å²) in [5, 5.41) is 9.44. The predicted molar refractivity (Wildman–Crippen MR) is 112 cm³/mol. The molecule has 0 saturated carbocycles. The third-order valence-electron chi connectivity index (χ3n) is 5.73. The fourth-order valence-electron chi connectivity index (χ4n) is 4.02. The van der Waals surface area contributed by atoms with Gasteiger partial charge in [-0.2, -0.15) is 0 Å². The molecule has 2 aliphatic heterocycles. The molecule has 0 bridgehead atoms. The van der Waals surface area contributed by atoms with E-state index in [9.17, 15) is 4.79 Å². The number of nitrogens with zero attached hydrogens (tertiary/aromatic N) is 5. The van der Waals surface area contributed by atoms with Crippen LogP contribution < -0.4 is 9.80 Å². The Kier molecular flexibility index (Phi) is 5.67. The normalized spacial score (nSPS) is 20.4. The van der Waals surface area contributed by atoms with Crippen LogP contribution in [0.15, 0.2) is 36.4 Å². The van der Waals surface area contributed by atoms with Crippen LogP contribution in [0.3, 0.4) is 0 Å². The van der Waals surface area contributed by atoms with Crippen molar-refractivity contribution in [1.29, 1.82) is 0 Å². The summed E-state index contributed by atoms with van der Waals surface area (Å²) in [7, 11) is 0. The van der Waals surface area contributed by atoms with E-state index in [1.165, 1.54) is 19.3 Å². The van der Waals surface area contributed by atoms with Crippen LogP contribution in [0.5, 0.6) is 0 Å². The van der Waals surface area contributed by atoms with Crippen molar-refractivity contribution in [2.45, 2.75) is 32.2 Å². The van der Waals surface area contributed by atoms with Crippen molar-refractivity contribution in [2.24, 2.45) is 0 Å². The fourth-order valence-corrected chi connectivity index (χ4v) is 4.24. The summed E-state index contributed by atoms with van der Waals surface area (Å²) >= 11 is 6.17. The first kappa shape index (κ1) is 19.0. The van der Waals surface area contributed by atoms with Gasteiger partial charge in [0.2, 0.25) is 0 Å². The summed E-state index contributed by atoms with van der Waals surface area (Å²) in [4.78, 5) is 19.1. The van der Waals surface area contributed by atoms with Crippen LogP contribution in [0.2, 0.25) is 5.02 Å². The Hall–Kier alpha value is -2.34. The molecule has 0 spiro atoms. The van der Waals surface area contributed by atoms with Gasteiger partial charge < -0.3 is 14.7 Å². The second-order valence-electron chi connectivity index (χ2n) is 7.55. The van der Waals surface area contributed by atoms with Crippen LogP contribution in [0.25, 0.3) is 0 Å². The molecule has 0 radical (unpaired) electrons. The van der Waals surface area contributed by atoms with Gasteiger partial charge in [0.1, 0.15) is 0 Å². The number of hydrogen-bond donors (Lipinski definition) is 0. The molecule has 1 unspecified atom stereocenters. The van der Waals surface area contributed by atoms with Gasteiger partial charge in [0, 0.05) is 38.8 Å². The first-order valence-electron chi connectivity index (χ1n) is 10.0. The number of anilines is 2. The Balaban J connectivity index is 1.37. The van der Waals surface area contributed by atoms with Crippen LogP contribution in [0.1, 0.15) is 36.5 Å². The fraction of sp³-hybridized carbons (Fsp3) is 0.476. The van der Waals surface area contributed by atoms with Crippen molar-refractivity contribution in [3.63, 3.8) is 0 Å². The van der Waals surface area contributed by atoms with Crippen molar-refractivity contribution >= 4 is 29.1 Å². The maximum Gasteiger partial charge on any atom is 0.255 e. The number of piperidine rings is 1. The van der Waals surface area contributed by atoms with E-state index in [2.05, 4.69) is 39.1 Å². The lowest BCUT2D eigenvalue weighted by Crippen LogP contribution is -2.49. The van der Waals surface area contributed by atoms with Gasteiger partial charge in [-0.15, -0.1) is 10.2 Å². The van der Waals surface area contributed by atoms with Crippen LogP contribution in [-0.4, -0.2) is 59.8 Å². The Morgan fingerprint density at radius 1 is 0.964 bits per heavy atom. The van der Waals surface area contributed by atoms with Crippen molar-refractivity contribution < 1.29 is 4.79 Å². The van der Waals surface area contributed by atoms with E-state index in [0.717, 1.165) is 31.3 Å². The van der Waals surface area contributed by atoms with Crippen molar-refractivity contribution in [3.8, 4) is 0 Å². The highest BCUT2D eigenvalue weighted by atomic mass is 35.5. The van der Waals surface area contributed by atoms with E-state index in [0.29, 0.717) is 29.7 Å². The number of amides is 1. The predicted octanol–water partition coefficient (Wildman–Crippen LogP) is 3.47. The van der Waals surface area contributed by atoms with Gasteiger partial charge in [-0.25, -0.2) is 0 Å². The largest absolute Gasteiger partial charge is 0.352 e. The van der Waals surface area contributed by atoms with Crippen LogP contribution in [-0.2, 0) is 0 Å². The Morgan fingerprint density at radius 3 is 2.36 bits per heavy atom. The average molecular weight is 400 g/mol. The summed E-state index contributed by atoms with van der Waals surface area (Å²) in [6.07, 6.45) is 3.72. The smallest absolute Gasteiger partial charge is 0.255 e. The second-order valence-corrected chi connectivity index (χ2v) is 7.95. The molecule has 3 heterocycles. The first-order valence-corrected chi connectivity index (χ1v) is 10.4. The number of benzene rings is 1. The molecular weight excluding hydrogens is 374 g/mol. The van der Waals surface area contributed by atoms with Crippen LogP contribution >= 0.6 is 11.6 Å². The lowest BCUT2D eigenvalue weighted by atomic mass is 10.0. The highest BCUT2D eigenvalue weighted by molar-refractivity contribution is 6.33. The van der Waals surface area contributed by atoms with E-state index >= 15 is 0 Å². The van der Waals surface area contributed by atoms with Gasteiger partial charge in [-0.1, -0.05) is 23.7 Å². The molecule has 0 aliphatic carbocycles. The van der Waals surface area contributed by atoms with E-state index < -0.39 is 0 Å². The number of aromatic nitrogens is 2. The quantitative estimate of drug-likeness (QED) is 0.791. The summed E-state index contributed by atoms with van der Waals surface area (Å²) in [5.41, 5.74) is 0.567. The highest BCUT2D eigenvalue weighted by Gasteiger charge is 2.25. The Morgan fingerprint density at radius 2 is 1.68 bits per heavy atom. The number of carbonyl (C=O) groups excluding carboxylic acids is 1. The molecule has 0 N–H and O–H groups in total. The van der Waals surface area contributed by atoms with Gasteiger partial charge in [-0.3, -0.25) is 4.79 Å². The maximum atomic E-state index is 12.7. The number of rotatable bonds is 3. The van der Waals surface area contributed by atoms with Crippen molar-refractivity contribution in [2.75, 3.05) is 42.5 Å². The number of piperazine rings is 1. The molecule has 1 amide bonds.